The summed E-state index contributed by atoms with van der Waals surface area (Å²) in [5, 5.41) is 47.1. The topological polar surface area (TPSA) is 173 Å². The zero-order chi connectivity index (χ0) is 19.3. The fourth-order valence-electron chi connectivity index (χ4n) is 0.761. The molecular formula is C14H30O9. The molecule has 23 heavy (non-hydrogen) atoms. The van der Waals surface area contributed by atoms with E-state index in [9.17, 15) is 4.79 Å². The molecule has 0 aliphatic carbocycles. The lowest BCUT2D eigenvalue weighted by atomic mass is 10.2. The molecule has 0 spiro atoms. The number of aliphatic hydroxyl groups is 3. The van der Waals surface area contributed by atoms with Gasteiger partial charge in [-0.3, -0.25) is 14.4 Å². The van der Waals surface area contributed by atoms with Gasteiger partial charge in [-0.2, -0.15) is 0 Å². The maximum atomic E-state index is 9.96. The van der Waals surface area contributed by atoms with Crippen LogP contribution in [-0.2, 0) is 14.4 Å². The van der Waals surface area contributed by atoms with Gasteiger partial charge in [-0.1, -0.05) is 26.2 Å². The number of carboxylic acids is 3. The van der Waals surface area contributed by atoms with Crippen molar-refractivity contribution in [3.63, 3.8) is 0 Å². The van der Waals surface area contributed by atoms with Crippen LogP contribution >= 0.6 is 0 Å². The summed E-state index contributed by atoms with van der Waals surface area (Å²) in [5.74, 6) is -2.34. The Kier molecular flexibility index (Phi) is 32.2. The maximum Gasteiger partial charge on any atom is 0.303 e. The predicted octanol–water partition coefficient (Wildman–Crippen LogP) is 0.555. The molecule has 9 heteroatoms. The fourth-order valence-corrected chi connectivity index (χ4v) is 0.761. The Bertz CT molecular complexity index is 255. The number of carbonyl (C=O) groups is 3. The Balaban J connectivity index is -0.000000112. The lowest BCUT2D eigenvalue weighted by molar-refractivity contribution is -0.137. The van der Waals surface area contributed by atoms with Gasteiger partial charge in [-0.05, 0) is 6.42 Å². The highest BCUT2D eigenvalue weighted by atomic mass is 16.4. The van der Waals surface area contributed by atoms with Crippen LogP contribution in [-0.4, -0.2) is 67.9 Å². The second kappa shape index (κ2) is 25.3. The number of rotatable bonds is 7. The van der Waals surface area contributed by atoms with Gasteiger partial charge < -0.3 is 30.6 Å². The summed E-state index contributed by atoms with van der Waals surface area (Å²) in [6.45, 7) is 3.55. The standard InChI is InChI=1S/C7H14O2.C3H8O3.2C2H4O2/c1-2-3-4-5-6-7(8)9;4-1-3(6)2-5;2*1-2(3)4/h2-6H2,1H3,(H,8,9);3-6H,1-2H2;2*1H3,(H,3,4). The van der Waals surface area contributed by atoms with Crippen LogP contribution in [0.2, 0.25) is 0 Å². The van der Waals surface area contributed by atoms with Crippen molar-refractivity contribution in [3.05, 3.63) is 0 Å². The van der Waals surface area contributed by atoms with Gasteiger partial charge >= 0.3 is 5.97 Å². The molecule has 0 aromatic carbocycles. The lowest BCUT2D eigenvalue weighted by Crippen LogP contribution is -2.15. The van der Waals surface area contributed by atoms with Crippen LogP contribution in [0.1, 0.15) is 52.9 Å². The van der Waals surface area contributed by atoms with Crippen LogP contribution in [0.15, 0.2) is 0 Å². The van der Waals surface area contributed by atoms with Crippen LogP contribution in [0.25, 0.3) is 0 Å². The van der Waals surface area contributed by atoms with Crippen LogP contribution in [0.4, 0.5) is 0 Å². The van der Waals surface area contributed by atoms with Crippen LogP contribution in [0.3, 0.4) is 0 Å². The first-order valence-electron chi connectivity index (χ1n) is 7.05. The Morgan fingerprint density at radius 1 is 0.826 bits per heavy atom. The van der Waals surface area contributed by atoms with Gasteiger partial charge in [0.1, 0.15) is 6.10 Å². The summed E-state index contributed by atoms with van der Waals surface area (Å²) in [4.78, 5) is 28.0. The molecule has 0 aliphatic heterocycles. The number of carboxylic acid groups (broad SMARTS) is 3. The van der Waals surface area contributed by atoms with Crippen molar-refractivity contribution in [2.24, 2.45) is 0 Å². The average Bonchev–Trinajstić information content (AvgIpc) is 2.42. The second-order valence-corrected chi connectivity index (χ2v) is 4.26. The van der Waals surface area contributed by atoms with E-state index in [0.29, 0.717) is 6.42 Å². The van der Waals surface area contributed by atoms with E-state index in [4.69, 9.17) is 40.2 Å². The van der Waals surface area contributed by atoms with Gasteiger partial charge in [0.25, 0.3) is 11.9 Å². The van der Waals surface area contributed by atoms with Crippen molar-refractivity contribution in [2.75, 3.05) is 13.2 Å². The highest BCUT2D eigenvalue weighted by Crippen LogP contribution is 2.01. The minimum absolute atomic E-state index is 0.333. The van der Waals surface area contributed by atoms with E-state index in [0.717, 1.165) is 33.1 Å². The zero-order valence-corrected chi connectivity index (χ0v) is 13.9. The van der Waals surface area contributed by atoms with Crippen LogP contribution in [0, 0.1) is 0 Å². The normalized spacial score (nSPS) is 8.48. The molecule has 6 N–H and O–H groups in total. The van der Waals surface area contributed by atoms with E-state index in [2.05, 4.69) is 6.92 Å². The number of hydrogen-bond acceptors (Lipinski definition) is 6. The zero-order valence-electron chi connectivity index (χ0n) is 13.9. The number of aliphatic carboxylic acids is 3. The number of aliphatic hydroxyl groups excluding tert-OH is 3. The first-order valence-corrected chi connectivity index (χ1v) is 7.05. The second-order valence-electron chi connectivity index (χ2n) is 4.26. The van der Waals surface area contributed by atoms with E-state index in [-0.39, 0.29) is 13.2 Å². The van der Waals surface area contributed by atoms with Crippen LogP contribution < -0.4 is 0 Å². The SMILES string of the molecule is CC(=O)O.CC(=O)O.CCCCCCC(=O)O.OCC(O)CO. The molecule has 9 nitrogen and oxygen atoms in total. The molecule has 0 saturated carbocycles. The van der Waals surface area contributed by atoms with Crippen molar-refractivity contribution >= 4 is 17.9 Å². The monoisotopic (exact) mass is 342 g/mol. The van der Waals surface area contributed by atoms with E-state index in [1.54, 1.807) is 0 Å². The van der Waals surface area contributed by atoms with E-state index < -0.39 is 24.0 Å². The summed E-state index contributed by atoms with van der Waals surface area (Å²) in [6, 6.07) is 0. The molecular weight excluding hydrogens is 312 g/mol. The molecule has 0 atom stereocenters. The van der Waals surface area contributed by atoms with Crippen molar-refractivity contribution in [1.29, 1.82) is 0 Å². The van der Waals surface area contributed by atoms with Gasteiger partial charge in [-0.25, -0.2) is 0 Å². The Labute approximate surface area is 136 Å². The highest BCUT2D eigenvalue weighted by Gasteiger charge is 1.94. The molecule has 0 fully saturated rings. The minimum atomic E-state index is -0.954. The largest absolute Gasteiger partial charge is 0.481 e. The third-order valence-electron chi connectivity index (χ3n) is 1.67. The van der Waals surface area contributed by atoms with Crippen LogP contribution in [0.5, 0.6) is 0 Å². The Hall–Kier alpha value is -1.71. The third-order valence-corrected chi connectivity index (χ3v) is 1.67. The summed E-state index contributed by atoms with van der Waals surface area (Å²) in [6.07, 6.45) is 3.60. The van der Waals surface area contributed by atoms with Gasteiger partial charge in [0.05, 0.1) is 13.2 Å². The smallest absolute Gasteiger partial charge is 0.303 e. The van der Waals surface area contributed by atoms with Gasteiger partial charge in [0.15, 0.2) is 0 Å². The molecule has 0 aromatic rings. The summed E-state index contributed by atoms with van der Waals surface area (Å²) < 4.78 is 0. The lowest BCUT2D eigenvalue weighted by Gasteiger charge is -1.96. The molecule has 0 unspecified atom stereocenters. The molecule has 0 radical (unpaired) electrons. The van der Waals surface area contributed by atoms with Crippen molar-refractivity contribution in [3.8, 4) is 0 Å². The van der Waals surface area contributed by atoms with E-state index in [1.165, 1.54) is 6.42 Å². The van der Waals surface area contributed by atoms with Gasteiger partial charge in [0.2, 0.25) is 0 Å². The first-order chi connectivity index (χ1) is 10.5. The number of hydrogen-bond donors (Lipinski definition) is 6. The molecule has 0 bridgehead atoms. The Morgan fingerprint density at radius 3 is 1.35 bits per heavy atom. The quantitative estimate of drug-likeness (QED) is 0.361. The van der Waals surface area contributed by atoms with Crippen molar-refractivity contribution in [1.82, 2.24) is 0 Å². The third kappa shape index (κ3) is 98.8. The van der Waals surface area contributed by atoms with E-state index >= 15 is 0 Å². The first kappa shape index (κ1) is 29.3. The summed E-state index contributed by atoms with van der Waals surface area (Å²) in [5.41, 5.74) is 0. The van der Waals surface area contributed by atoms with Crippen molar-refractivity contribution in [2.45, 2.75) is 59.0 Å². The van der Waals surface area contributed by atoms with Gasteiger partial charge in [-0.15, -0.1) is 0 Å². The molecule has 0 heterocycles. The van der Waals surface area contributed by atoms with E-state index in [1.807, 2.05) is 0 Å². The summed E-state index contributed by atoms with van der Waals surface area (Å²) in [7, 11) is 0. The Morgan fingerprint density at radius 2 is 1.17 bits per heavy atom. The predicted molar refractivity (Wildman–Crippen MR) is 83.2 cm³/mol. The molecule has 0 saturated heterocycles. The molecule has 140 valence electrons. The molecule has 0 amide bonds. The molecule has 0 rings (SSSR count). The average molecular weight is 342 g/mol. The minimum Gasteiger partial charge on any atom is -0.481 e. The van der Waals surface area contributed by atoms with Gasteiger partial charge in [0, 0.05) is 20.3 Å². The summed E-state index contributed by atoms with van der Waals surface area (Å²) >= 11 is 0. The van der Waals surface area contributed by atoms with Crippen molar-refractivity contribution < 1.29 is 45.0 Å². The molecule has 0 aliphatic rings. The maximum absolute atomic E-state index is 9.96. The highest BCUT2D eigenvalue weighted by molar-refractivity contribution is 5.66. The molecule has 0 aromatic heterocycles. The number of unbranched alkanes of at least 4 members (excludes halogenated alkanes) is 3. The fraction of sp³-hybridized carbons (Fsp3) is 0.786.